The van der Waals surface area contributed by atoms with Crippen LogP contribution in [0, 0.1) is 0 Å². The Hall–Kier alpha value is -1.75. The van der Waals surface area contributed by atoms with Gasteiger partial charge in [-0.3, -0.25) is 4.90 Å². The largest absolute Gasteiger partial charge is 0.494 e. The van der Waals surface area contributed by atoms with E-state index in [-0.39, 0.29) is 5.84 Å². The predicted molar refractivity (Wildman–Crippen MR) is 67.5 cm³/mol. The Bertz CT molecular complexity index is 341. The van der Waals surface area contributed by atoms with Crippen molar-refractivity contribution < 1.29 is 9.94 Å². The molecule has 0 aliphatic heterocycles. The van der Waals surface area contributed by atoms with Crippen molar-refractivity contribution in [2.24, 2.45) is 10.9 Å². The normalized spacial score (nSPS) is 11.8. The molecule has 0 saturated heterocycles. The highest BCUT2D eigenvalue weighted by Crippen LogP contribution is 2.08. The van der Waals surface area contributed by atoms with E-state index in [1.165, 1.54) is 0 Å². The Labute approximate surface area is 101 Å². The maximum absolute atomic E-state index is 8.42. The Morgan fingerprint density at radius 3 is 2.76 bits per heavy atom. The third-order valence-electron chi connectivity index (χ3n) is 2.26. The lowest BCUT2D eigenvalue weighted by molar-refractivity contribution is 0.272. The van der Waals surface area contributed by atoms with E-state index in [1.807, 2.05) is 42.3 Å². The van der Waals surface area contributed by atoms with Crippen LogP contribution in [0.4, 0.5) is 0 Å². The molecule has 1 rings (SSSR count). The number of benzene rings is 1. The van der Waals surface area contributed by atoms with Gasteiger partial charge >= 0.3 is 0 Å². The summed E-state index contributed by atoms with van der Waals surface area (Å²) in [6, 6.07) is 9.71. The third-order valence-corrected chi connectivity index (χ3v) is 2.26. The lowest BCUT2D eigenvalue weighted by Crippen LogP contribution is -2.32. The Morgan fingerprint density at radius 1 is 1.41 bits per heavy atom. The number of nitrogens with two attached hydrogens (primary N) is 1. The summed E-state index contributed by atoms with van der Waals surface area (Å²) in [7, 11) is 1.92. The Morgan fingerprint density at radius 2 is 2.12 bits per heavy atom. The van der Waals surface area contributed by atoms with Crippen molar-refractivity contribution in [2.75, 3.05) is 26.7 Å². The van der Waals surface area contributed by atoms with Crippen LogP contribution < -0.4 is 10.5 Å². The molecule has 0 heterocycles. The van der Waals surface area contributed by atoms with Gasteiger partial charge in [0.05, 0.1) is 13.2 Å². The van der Waals surface area contributed by atoms with Crippen molar-refractivity contribution in [3.8, 4) is 5.75 Å². The summed E-state index contributed by atoms with van der Waals surface area (Å²) in [5.41, 5.74) is 5.40. The van der Waals surface area contributed by atoms with Gasteiger partial charge in [0.25, 0.3) is 0 Å². The van der Waals surface area contributed by atoms with Gasteiger partial charge in [-0.15, -0.1) is 0 Å². The van der Waals surface area contributed by atoms with Gasteiger partial charge in [0.15, 0.2) is 5.84 Å². The van der Waals surface area contributed by atoms with E-state index < -0.39 is 0 Å². The van der Waals surface area contributed by atoms with Crippen LogP contribution in [0.5, 0.6) is 5.75 Å². The summed E-state index contributed by atoms with van der Waals surface area (Å²) in [6.45, 7) is 1.95. The first-order valence-corrected chi connectivity index (χ1v) is 5.55. The van der Waals surface area contributed by atoms with Crippen molar-refractivity contribution in [1.29, 1.82) is 0 Å². The van der Waals surface area contributed by atoms with Gasteiger partial charge in [-0.2, -0.15) is 0 Å². The minimum absolute atomic E-state index is 0.219. The number of oxime groups is 1. The summed E-state index contributed by atoms with van der Waals surface area (Å²) in [4.78, 5) is 1.98. The van der Waals surface area contributed by atoms with Crippen molar-refractivity contribution in [2.45, 2.75) is 6.42 Å². The van der Waals surface area contributed by atoms with E-state index in [0.717, 1.165) is 18.7 Å². The van der Waals surface area contributed by atoms with Gasteiger partial charge in [0.1, 0.15) is 5.75 Å². The van der Waals surface area contributed by atoms with E-state index >= 15 is 0 Å². The van der Waals surface area contributed by atoms with Crippen molar-refractivity contribution >= 4 is 5.84 Å². The number of likely N-dealkylation sites (N-methyl/N-ethyl adjacent to an activating group) is 1. The molecule has 0 aromatic heterocycles. The van der Waals surface area contributed by atoms with Gasteiger partial charge in [-0.1, -0.05) is 23.4 Å². The number of rotatable bonds is 7. The zero-order chi connectivity index (χ0) is 12.5. The molecule has 0 fully saturated rings. The van der Waals surface area contributed by atoms with Crippen molar-refractivity contribution in [3.05, 3.63) is 30.3 Å². The molecule has 0 bridgehead atoms. The maximum Gasteiger partial charge on any atom is 0.153 e. The van der Waals surface area contributed by atoms with E-state index in [0.29, 0.717) is 13.2 Å². The molecule has 0 amide bonds. The molecular weight excluding hydrogens is 218 g/mol. The molecule has 0 spiro atoms. The molecule has 5 heteroatoms. The van der Waals surface area contributed by atoms with Gasteiger partial charge in [0.2, 0.25) is 0 Å². The molecular formula is C12H19N3O2. The first-order valence-electron chi connectivity index (χ1n) is 5.55. The zero-order valence-corrected chi connectivity index (χ0v) is 10.0. The van der Waals surface area contributed by atoms with Crippen molar-refractivity contribution in [3.63, 3.8) is 0 Å². The summed E-state index contributed by atoms with van der Waals surface area (Å²) >= 11 is 0. The van der Waals surface area contributed by atoms with Gasteiger partial charge in [-0.05, 0) is 25.6 Å². The van der Waals surface area contributed by atoms with Crippen LogP contribution in [0.25, 0.3) is 0 Å². The number of ether oxygens (including phenoxy) is 1. The predicted octanol–water partition coefficient (Wildman–Crippen LogP) is 1.13. The smallest absolute Gasteiger partial charge is 0.153 e. The number of para-hydroxylation sites is 1. The fraction of sp³-hybridized carbons (Fsp3) is 0.417. The van der Waals surface area contributed by atoms with Crippen LogP contribution in [-0.2, 0) is 0 Å². The van der Waals surface area contributed by atoms with E-state index in [2.05, 4.69) is 5.16 Å². The Balaban J connectivity index is 2.12. The second kappa shape index (κ2) is 7.51. The topological polar surface area (TPSA) is 71.1 Å². The average Bonchev–Trinajstić information content (AvgIpc) is 2.36. The average molecular weight is 237 g/mol. The monoisotopic (exact) mass is 237 g/mol. The minimum atomic E-state index is 0.219. The number of nitrogens with zero attached hydrogens (tertiary/aromatic N) is 2. The molecule has 3 N–H and O–H groups in total. The second-order valence-corrected chi connectivity index (χ2v) is 3.84. The van der Waals surface area contributed by atoms with Crippen molar-refractivity contribution in [1.82, 2.24) is 4.90 Å². The van der Waals surface area contributed by atoms with Gasteiger partial charge in [-0.25, -0.2) is 0 Å². The van der Waals surface area contributed by atoms with Gasteiger partial charge < -0.3 is 15.7 Å². The fourth-order valence-electron chi connectivity index (χ4n) is 1.43. The lowest BCUT2D eigenvalue weighted by atomic mass is 10.3. The van der Waals surface area contributed by atoms with Crippen LogP contribution in [0.15, 0.2) is 35.5 Å². The highest BCUT2D eigenvalue weighted by Gasteiger charge is 2.01. The fourth-order valence-corrected chi connectivity index (χ4v) is 1.43. The molecule has 0 aliphatic carbocycles. The summed E-state index contributed by atoms with van der Waals surface area (Å²) in [5.74, 6) is 1.10. The molecule has 0 unspecified atom stereocenters. The van der Waals surface area contributed by atoms with Crippen LogP contribution in [0.1, 0.15) is 6.42 Å². The molecule has 94 valence electrons. The SMILES string of the molecule is CN(CCCOc1ccccc1)CC(N)=NO. The van der Waals surface area contributed by atoms with Crippen LogP contribution >= 0.6 is 0 Å². The number of amidine groups is 1. The second-order valence-electron chi connectivity index (χ2n) is 3.84. The highest BCUT2D eigenvalue weighted by molar-refractivity contribution is 5.81. The zero-order valence-electron chi connectivity index (χ0n) is 10.0. The van der Waals surface area contributed by atoms with E-state index in [1.54, 1.807) is 0 Å². The molecule has 0 saturated carbocycles. The van der Waals surface area contributed by atoms with Crippen LogP contribution in [-0.4, -0.2) is 42.7 Å². The quantitative estimate of drug-likeness (QED) is 0.245. The number of hydrogen-bond donors (Lipinski definition) is 2. The standard InChI is InChI=1S/C12H19N3O2/c1-15(10-12(13)14-16)8-5-9-17-11-6-3-2-4-7-11/h2-4,6-7,16H,5,8-10H2,1H3,(H2,13,14). The molecule has 1 aromatic carbocycles. The first kappa shape index (κ1) is 13.3. The Kier molecular flexibility index (Phi) is 5.88. The van der Waals surface area contributed by atoms with Gasteiger partial charge in [0, 0.05) is 6.54 Å². The lowest BCUT2D eigenvalue weighted by Gasteiger charge is -2.15. The molecule has 0 atom stereocenters. The van der Waals surface area contributed by atoms with Crippen LogP contribution in [0.3, 0.4) is 0 Å². The molecule has 0 aliphatic rings. The molecule has 1 aromatic rings. The molecule has 17 heavy (non-hydrogen) atoms. The summed E-state index contributed by atoms with van der Waals surface area (Å²) in [5, 5.41) is 11.3. The highest BCUT2D eigenvalue weighted by atomic mass is 16.5. The number of hydrogen-bond acceptors (Lipinski definition) is 4. The first-order chi connectivity index (χ1) is 8.22. The molecule has 0 radical (unpaired) electrons. The summed E-state index contributed by atoms with van der Waals surface area (Å²) < 4.78 is 5.55. The minimum Gasteiger partial charge on any atom is -0.494 e. The summed E-state index contributed by atoms with van der Waals surface area (Å²) in [6.07, 6.45) is 0.893. The third kappa shape index (κ3) is 5.77. The maximum atomic E-state index is 8.42. The van der Waals surface area contributed by atoms with E-state index in [9.17, 15) is 0 Å². The van der Waals surface area contributed by atoms with Crippen LogP contribution in [0.2, 0.25) is 0 Å². The van der Waals surface area contributed by atoms with E-state index in [4.69, 9.17) is 15.7 Å². The molecule has 5 nitrogen and oxygen atoms in total.